The second kappa shape index (κ2) is 6.88. The SMILES string of the molecule is CCn1cc(NC(=O)CCn2ccc(C)n2)c(C(=O)OC)n1. The quantitative estimate of drug-likeness (QED) is 0.810. The molecule has 8 heteroatoms. The number of aryl methyl sites for hydroxylation is 3. The number of hydrogen-bond donors (Lipinski definition) is 1. The minimum atomic E-state index is -0.579. The summed E-state index contributed by atoms with van der Waals surface area (Å²) >= 11 is 0. The zero-order valence-corrected chi connectivity index (χ0v) is 12.9. The van der Waals surface area contributed by atoms with Crippen molar-refractivity contribution in [1.82, 2.24) is 19.6 Å². The molecule has 0 spiro atoms. The van der Waals surface area contributed by atoms with Crippen molar-refractivity contribution in [2.75, 3.05) is 12.4 Å². The monoisotopic (exact) mass is 305 g/mol. The molecule has 0 saturated heterocycles. The third kappa shape index (κ3) is 3.72. The van der Waals surface area contributed by atoms with Gasteiger partial charge < -0.3 is 10.1 Å². The van der Waals surface area contributed by atoms with E-state index in [1.807, 2.05) is 26.1 Å². The second-order valence-corrected chi connectivity index (χ2v) is 4.76. The van der Waals surface area contributed by atoms with Crippen molar-refractivity contribution in [2.45, 2.75) is 33.4 Å². The van der Waals surface area contributed by atoms with Crippen LogP contribution in [-0.2, 0) is 22.6 Å². The zero-order chi connectivity index (χ0) is 16.1. The molecule has 0 bridgehead atoms. The average molecular weight is 305 g/mol. The average Bonchev–Trinajstić information content (AvgIpc) is 3.10. The summed E-state index contributed by atoms with van der Waals surface area (Å²) in [5, 5.41) is 11.0. The predicted molar refractivity (Wildman–Crippen MR) is 79.5 cm³/mol. The number of methoxy groups -OCH3 is 1. The van der Waals surface area contributed by atoms with Gasteiger partial charge in [-0.25, -0.2) is 4.79 Å². The molecular weight excluding hydrogens is 286 g/mol. The van der Waals surface area contributed by atoms with E-state index in [4.69, 9.17) is 0 Å². The van der Waals surface area contributed by atoms with E-state index in [2.05, 4.69) is 20.3 Å². The van der Waals surface area contributed by atoms with Gasteiger partial charge in [-0.3, -0.25) is 14.2 Å². The highest BCUT2D eigenvalue weighted by Gasteiger charge is 2.18. The molecule has 0 unspecified atom stereocenters. The second-order valence-electron chi connectivity index (χ2n) is 4.76. The highest BCUT2D eigenvalue weighted by atomic mass is 16.5. The lowest BCUT2D eigenvalue weighted by molar-refractivity contribution is -0.116. The molecule has 22 heavy (non-hydrogen) atoms. The molecule has 0 atom stereocenters. The first kappa shape index (κ1) is 15.7. The molecule has 1 amide bonds. The Labute approximate surface area is 128 Å². The van der Waals surface area contributed by atoms with Crippen LogP contribution in [0.2, 0.25) is 0 Å². The number of carbonyl (C=O) groups excluding carboxylic acids is 2. The summed E-state index contributed by atoms with van der Waals surface area (Å²) in [5.74, 6) is -0.792. The summed E-state index contributed by atoms with van der Waals surface area (Å²) in [5.41, 5.74) is 1.36. The van der Waals surface area contributed by atoms with Crippen molar-refractivity contribution in [3.8, 4) is 0 Å². The summed E-state index contributed by atoms with van der Waals surface area (Å²) in [6.45, 7) is 4.83. The van der Waals surface area contributed by atoms with Crippen LogP contribution in [0.3, 0.4) is 0 Å². The molecular formula is C14H19N5O3. The molecule has 1 N–H and O–H groups in total. The Bertz CT molecular complexity index is 674. The van der Waals surface area contributed by atoms with Gasteiger partial charge in [0.05, 0.1) is 18.5 Å². The third-order valence-corrected chi connectivity index (χ3v) is 3.08. The van der Waals surface area contributed by atoms with E-state index in [1.165, 1.54) is 7.11 Å². The Balaban J connectivity index is 2.01. The van der Waals surface area contributed by atoms with Gasteiger partial charge >= 0.3 is 5.97 Å². The van der Waals surface area contributed by atoms with Crippen molar-refractivity contribution < 1.29 is 14.3 Å². The summed E-state index contributed by atoms with van der Waals surface area (Å²) in [7, 11) is 1.28. The molecule has 0 fully saturated rings. The van der Waals surface area contributed by atoms with Crippen LogP contribution in [-0.4, -0.2) is 38.5 Å². The number of esters is 1. The number of hydrogen-bond acceptors (Lipinski definition) is 5. The van der Waals surface area contributed by atoms with Crippen molar-refractivity contribution in [1.29, 1.82) is 0 Å². The van der Waals surface area contributed by atoms with Crippen molar-refractivity contribution in [2.24, 2.45) is 0 Å². The maximum atomic E-state index is 12.0. The van der Waals surface area contributed by atoms with Gasteiger partial charge in [0.15, 0.2) is 5.69 Å². The van der Waals surface area contributed by atoms with Crippen LogP contribution in [0.15, 0.2) is 18.5 Å². The van der Waals surface area contributed by atoms with E-state index in [-0.39, 0.29) is 18.0 Å². The third-order valence-electron chi connectivity index (χ3n) is 3.08. The van der Waals surface area contributed by atoms with E-state index in [1.54, 1.807) is 15.6 Å². The van der Waals surface area contributed by atoms with Crippen molar-refractivity contribution in [3.05, 3.63) is 29.8 Å². The Morgan fingerprint density at radius 2 is 2.09 bits per heavy atom. The lowest BCUT2D eigenvalue weighted by Crippen LogP contribution is -2.16. The van der Waals surface area contributed by atoms with E-state index < -0.39 is 5.97 Å². The number of amides is 1. The molecule has 0 aliphatic heterocycles. The fraction of sp³-hybridized carbons (Fsp3) is 0.429. The summed E-state index contributed by atoms with van der Waals surface area (Å²) in [4.78, 5) is 23.7. The molecule has 8 nitrogen and oxygen atoms in total. The summed E-state index contributed by atoms with van der Waals surface area (Å²) < 4.78 is 7.94. The van der Waals surface area contributed by atoms with Gasteiger partial charge in [-0.2, -0.15) is 10.2 Å². The van der Waals surface area contributed by atoms with Crippen molar-refractivity contribution >= 4 is 17.6 Å². The van der Waals surface area contributed by atoms with Gasteiger partial charge in [-0.15, -0.1) is 0 Å². The van der Waals surface area contributed by atoms with Crippen LogP contribution in [0.1, 0.15) is 29.5 Å². The maximum Gasteiger partial charge on any atom is 0.360 e. The van der Waals surface area contributed by atoms with Crippen molar-refractivity contribution in [3.63, 3.8) is 0 Å². The Morgan fingerprint density at radius 3 is 2.68 bits per heavy atom. The van der Waals surface area contributed by atoms with Gasteiger partial charge in [-0.1, -0.05) is 0 Å². The van der Waals surface area contributed by atoms with Crippen LogP contribution in [0, 0.1) is 6.92 Å². The Hall–Kier alpha value is -2.64. The van der Waals surface area contributed by atoms with Crippen LogP contribution >= 0.6 is 0 Å². The highest BCUT2D eigenvalue weighted by Crippen LogP contribution is 2.15. The maximum absolute atomic E-state index is 12.0. The highest BCUT2D eigenvalue weighted by molar-refractivity contribution is 5.99. The Morgan fingerprint density at radius 1 is 1.32 bits per heavy atom. The van der Waals surface area contributed by atoms with E-state index in [0.29, 0.717) is 18.8 Å². The number of aromatic nitrogens is 4. The standard InChI is InChI=1S/C14H19N5O3/c1-4-18-9-11(13(17-18)14(21)22-3)15-12(20)6-8-19-7-5-10(2)16-19/h5,7,9H,4,6,8H2,1-3H3,(H,15,20). The molecule has 2 rings (SSSR count). The predicted octanol–water partition coefficient (Wildman–Crippen LogP) is 1.22. The number of nitrogens with one attached hydrogen (secondary N) is 1. The minimum Gasteiger partial charge on any atom is -0.464 e. The molecule has 2 aromatic rings. The number of anilines is 1. The van der Waals surface area contributed by atoms with Crippen LogP contribution in [0.4, 0.5) is 5.69 Å². The smallest absolute Gasteiger partial charge is 0.360 e. The van der Waals surface area contributed by atoms with Gasteiger partial charge in [0.1, 0.15) is 0 Å². The molecule has 118 valence electrons. The van der Waals surface area contributed by atoms with Gasteiger partial charge in [0, 0.05) is 31.9 Å². The molecule has 0 aliphatic carbocycles. The first-order chi connectivity index (χ1) is 10.5. The number of nitrogens with zero attached hydrogens (tertiary/aromatic N) is 4. The van der Waals surface area contributed by atoms with Crippen LogP contribution in [0.5, 0.6) is 0 Å². The van der Waals surface area contributed by atoms with Crippen LogP contribution in [0.25, 0.3) is 0 Å². The lowest BCUT2D eigenvalue weighted by atomic mass is 10.3. The fourth-order valence-electron chi connectivity index (χ4n) is 1.94. The normalized spacial score (nSPS) is 10.5. The first-order valence-corrected chi connectivity index (χ1v) is 6.99. The van der Waals surface area contributed by atoms with Gasteiger partial charge in [-0.05, 0) is 19.9 Å². The first-order valence-electron chi connectivity index (χ1n) is 6.99. The van der Waals surface area contributed by atoms with Gasteiger partial charge in [0.25, 0.3) is 0 Å². The molecule has 0 aromatic carbocycles. The van der Waals surface area contributed by atoms with E-state index >= 15 is 0 Å². The van der Waals surface area contributed by atoms with Gasteiger partial charge in [0.2, 0.25) is 5.91 Å². The molecule has 2 aromatic heterocycles. The molecule has 0 radical (unpaired) electrons. The number of ether oxygens (including phenoxy) is 1. The van der Waals surface area contributed by atoms with Crippen LogP contribution < -0.4 is 5.32 Å². The molecule has 0 aliphatic rings. The minimum absolute atomic E-state index is 0.104. The van der Waals surface area contributed by atoms with E-state index in [0.717, 1.165) is 5.69 Å². The largest absolute Gasteiger partial charge is 0.464 e. The summed E-state index contributed by atoms with van der Waals surface area (Å²) in [6.07, 6.45) is 3.68. The summed E-state index contributed by atoms with van der Waals surface area (Å²) in [6, 6.07) is 1.87. The Kier molecular flexibility index (Phi) is 4.92. The number of carbonyl (C=O) groups is 2. The topological polar surface area (TPSA) is 91.0 Å². The zero-order valence-electron chi connectivity index (χ0n) is 12.9. The number of rotatable bonds is 6. The fourth-order valence-corrected chi connectivity index (χ4v) is 1.94. The van der Waals surface area contributed by atoms with E-state index in [9.17, 15) is 9.59 Å². The molecule has 0 saturated carbocycles. The molecule has 2 heterocycles. The lowest BCUT2D eigenvalue weighted by Gasteiger charge is -2.04.